The predicted molar refractivity (Wildman–Crippen MR) is 93.6 cm³/mol. The fourth-order valence-electron chi connectivity index (χ4n) is 2.67. The molecule has 0 spiro atoms. The maximum Gasteiger partial charge on any atom is 0.460 e. The lowest BCUT2D eigenvalue weighted by Gasteiger charge is -2.44. The average Bonchev–Trinajstić information content (AvgIpc) is 2.71. The molecule has 36 heavy (non-hydrogen) atoms. The number of alkyl halides is 17. The summed E-state index contributed by atoms with van der Waals surface area (Å²) in [5.41, 5.74) is -7.31. The lowest BCUT2D eigenvalue weighted by atomic mass is 9.91. The first-order valence-corrected chi connectivity index (χ1v) is 12.8. The molecule has 1 aromatic carbocycles. The van der Waals surface area contributed by atoms with Crippen LogP contribution in [0, 0.1) is 0 Å². The van der Waals surface area contributed by atoms with Gasteiger partial charge in [0.1, 0.15) is 0 Å². The first-order chi connectivity index (χ1) is 15.6. The monoisotopic (exact) mass is 622 g/mol. The number of hydrogen-bond acceptors (Lipinski definition) is 0. The van der Waals surface area contributed by atoms with Gasteiger partial charge in [-0.2, -0.15) is 65.9 Å². The van der Waals surface area contributed by atoms with Crippen LogP contribution >= 0.6 is 22.2 Å². The summed E-state index contributed by atoms with van der Waals surface area (Å²) >= 11 is 10.4. The molecule has 1 rings (SSSR count). The summed E-state index contributed by atoms with van der Waals surface area (Å²) in [5, 5.41) is -1.24. The van der Waals surface area contributed by atoms with Crippen LogP contribution in [0.5, 0.6) is 0 Å². The third-order valence-electron chi connectivity index (χ3n) is 4.85. The van der Waals surface area contributed by atoms with Crippen molar-refractivity contribution in [2.45, 2.75) is 60.6 Å². The molecule has 210 valence electrons. The molecule has 0 aliphatic carbocycles. The summed E-state index contributed by atoms with van der Waals surface area (Å²) in [7, 11) is 0. The average molecular weight is 623 g/mol. The van der Waals surface area contributed by atoms with Crippen molar-refractivity contribution in [1.29, 1.82) is 0 Å². The Kier molecular flexibility index (Phi) is 8.17. The molecule has 0 radical (unpaired) electrons. The van der Waals surface area contributed by atoms with Gasteiger partial charge in [0.15, 0.2) is 0 Å². The number of aryl methyl sites for hydroxylation is 1. The van der Waals surface area contributed by atoms with Crippen molar-refractivity contribution in [2.24, 2.45) is 0 Å². The summed E-state index contributed by atoms with van der Waals surface area (Å²) in [6.07, 6.45) is -8.19. The van der Waals surface area contributed by atoms with E-state index in [0.29, 0.717) is 6.07 Å². The molecule has 0 aliphatic heterocycles. The number of halogens is 19. The Morgan fingerprint density at radius 3 is 1.25 bits per heavy atom. The highest BCUT2D eigenvalue weighted by Crippen LogP contribution is 2.65. The van der Waals surface area contributed by atoms with Crippen LogP contribution in [-0.2, 0) is 6.42 Å². The van der Waals surface area contributed by atoms with Crippen molar-refractivity contribution >= 4 is 34.0 Å². The van der Waals surface area contributed by atoms with Crippen LogP contribution in [0.1, 0.15) is 12.5 Å². The fourth-order valence-corrected chi connectivity index (χ4v) is 6.34. The quantitative estimate of drug-likeness (QED) is 0.149. The van der Waals surface area contributed by atoms with Crippen LogP contribution < -0.4 is 5.19 Å². The van der Waals surface area contributed by atoms with Crippen LogP contribution in [0.15, 0.2) is 24.3 Å². The third-order valence-corrected chi connectivity index (χ3v) is 9.77. The van der Waals surface area contributed by atoms with E-state index in [1.807, 2.05) is 0 Å². The highest BCUT2D eigenvalue weighted by molar-refractivity contribution is 7.52. The molecule has 0 N–H and O–H groups in total. The van der Waals surface area contributed by atoms with Gasteiger partial charge in [-0.3, -0.25) is 0 Å². The fraction of sp³-hybridized carbons (Fsp3) is 0.625. The van der Waals surface area contributed by atoms with E-state index in [1.165, 1.54) is 0 Å². The maximum atomic E-state index is 14.6. The second-order valence-corrected chi connectivity index (χ2v) is 13.4. The number of hydrogen-bond donors (Lipinski definition) is 0. The Hall–Kier alpha value is -1.17. The van der Waals surface area contributed by atoms with Gasteiger partial charge >= 0.3 is 54.0 Å². The molecule has 0 unspecified atom stereocenters. The van der Waals surface area contributed by atoms with Gasteiger partial charge in [0, 0.05) is 0 Å². The van der Waals surface area contributed by atoms with E-state index in [9.17, 15) is 74.6 Å². The summed E-state index contributed by atoms with van der Waals surface area (Å²) < 4.78 is 229. The normalized spacial score (nSPS) is 15.9. The number of rotatable bonds is 9. The minimum Gasteiger partial charge on any atom is -0.201 e. The standard InChI is InChI=1S/C16H9Cl2F17Si/c1-2-7-5-3-4-6-8(7)36(17,18)16(34,35)14(29,30)12(25,26)10(21,22)9(19,20)11(23,24)13(27,28)15(31,32)33/h3-6H,2H2,1H3. The van der Waals surface area contributed by atoms with Gasteiger partial charge in [-0.05, 0) is 17.2 Å². The maximum absolute atomic E-state index is 14.6. The molecule has 0 atom stereocenters. The van der Waals surface area contributed by atoms with Crippen LogP contribution in [-0.4, -0.2) is 54.0 Å². The Bertz CT molecular complexity index is 954. The largest absolute Gasteiger partial charge is 0.460 e. The van der Waals surface area contributed by atoms with Crippen LogP contribution in [0.25, 0.3) is 0 Å². The zero-order valence-corrected chi connectivity index (χ0v) is 19.2. The lowest BCUT2D eigenvalue weighted by molar-refractivity contribution is -0.458. The van der Waals surface area contributed by atoms with E-state index in [4.69, 9.17) is 22.2 Å². The van der Waals surface area contributed by atoms with Gasteiger partial charge in [0.25, 0.3) is 0 Å². The Balaban J connectivity index is 3.82. The Morgan fingerprint density at radius 2 is 0.889 bits per heavy atom. The predicted octanol–water partition coefficient (Wildman–Crippen LogP) is 7.92. The molecule has 0 aromatic heterocycles. The molecule has 0 nitrogen and oxygen atoms in total. The molecule has 0 aliphatic rings. The van der Waals surface area contributed by atoms with E-state index < -0.39 is 64.7 Å². The molecule has 0 amide bonds. The molecule has 0 saturated carbocycles. The first kappa shape index (κ1) is 32.9. The second kappa shape index (κ2) is 8.95. The Morgan fingerprint density at radius 1 is 0.556 bits per heavy atom. The third kappa shape index (κ3) is 4.12. The van der Waals surface area contributed by atoms with E-state index in [0.717, 1.165) is 25.1 Å². The zero-order chi connectivity index (χ0) is 29.2. The van der Waals surface area contributed by atoms with Crippen LogP contribution in [0.3, 0.4) is 0 Å². The van der Waals surface area contributed by atoms with Gasteiger partial charge in [-0.25, -0.2) is 8.78 Å². The summed E-state index contributed by atoms with van der Waals surface area (Å²) in [6, 6.07) is 3.15. The van der Waals surface area contributed by atoms with Gasteiger partial charge in [0.2, 0.25) is 0 Å². The Labute approximate surface area is 199 Å². The van der Waals surface area contributed by atoms with Gasteiger partial charge < -0.3 is 0 Å². The zero-order valence-electron chi connectivity index (χ0n) is 16.7. The smallest absolute Gasteiger partial charge is 0.201 e. The molecule has 20 heteroatoms. The van der Waals surface area contributed by atoms with E-state index in [2.05, 4.69) is 0 Å². The van der Waals surface area contributed by atoms with Crippen molar-refractivity contribution in [3.8, 4) is 0 Å². The molecule has 0 fully saturated rings. The van der Waals surface area contributed by atoms with E-state index in [1.54, 1.807) is 0 Å². The minimum atomic E-state index is -8.70. The SMILES string of the molecule is CCc1ccccc1[Si](Cl)(Cl)C(F)(F)C(F)(F)C(F)(F)C(F)(F)C(F)(F)C(F)(F)C(F)(F)C(F)(F)F. The molecular formula is C16H9Cl2F17Si. The van der Waals surface area contributed by atoms with Gasteiger partial charge in [-0.1, -0.05) is 31.2 Å². The highest BCUT2D eigenvalue weighted by Gasteiger charge is 2.96. The number of benzene rings is 1. The summed E-state index contributed by atoms with van der Waals surface area (Å²) in [5.74, 6) is -50.5. The van der Waals surface area contributed by atoms with E-state index >= 15 is 0 Å². The lowest BCUT2D eigenvalue weighted by Crippen LogP contribution is -2.77. The van der Waals surface area contributed by atoms with Crippen molar-refractivity contribution in [3.05, 3.63) is 29.8 Å². The second-order valence-electron chi connectivity index (χ2n) is 7.10. The topological polar surface area (TPSA) is 0 Å². The molecule has 1 aromatic rings. The van der Waals surface area contributed by atoms with Crippen molar-refractivity contribution in [2.75, 3.05) is 0 Å². The molecule has 0 heterocycles. The van der Waals surface area contributed by atoms with Crippen molar-refractivity contribution in [1.82, 2.24) is 0 Å². The van der Waals surface area contributed by atoms with E-state index in [-0.39, 0.29) is 6.42 Å². The van der Waals surface area contributed by atoms with Crippen molar-refractivity contribution in [3.63, 3.8) is 0 Å². The van der Waals surface area contributed by atoms with Crippen LogP contribution in [0.2, 0.25) is 0 Å². The van der Waals surface area contributed by atoms with Gasteiger partial charge in [0.05, 0.1) is 0 Å². The first-order valence-electron chi connectivity index (χ1n) is 8.73. The highest BCUT2D eigenvalue weighted by atomic mass is 35.7. The molecular weight excluding hydrogens is 614 g/mol. The van der Waals surface area contributed by atoms with Crippen molar-refractivity contribution < 1.29 is 74.6 Å². The minimum absolute atomic E-state index is 0.380. The van der Waals surface area contributed by atoms with Crippen LogP contribution in [0.4, 0.5) is 74.6 Å². The van der Waals surface area contributed by atoms with Gasteiger partial charge in [-0.15, -0.1) is 22.2 Å². The molecule has 0 bridgehead atoms. The summed E-state index contributed by atoms with van der Waals surface area (Å²) in [6.45, 7) is -5.43. The summed E-state index contributed by atoms with van der Waals surface area (Å²) in [4.78, 5) is 0. The molecule has 0 saturated heterocycles.